The van der Waals surface area contributed by atoms with Gasteiger partial charge >= 0.3 is 0 Å². The average molecular weight is 475 g/mol. The molecule has 0 unspecified atom stereocenters. The summed E-state index contributed by atoms with van der Waals surface area (Å²) in [7, 11) is 2.90. The molecule has 158 valence electrons. The summed E-state index contributed by atoms with van der Waals surface area (Å²) in [4.78, 5) is 29.4. The van der Waals surface area contributed by atoms with Gasteiger partial charge in [0, 0.05) is 24.8 Å². The monoisotopic (exact) mass is 474 g/mol. The maximum absolute atomic E-state index is 12.6. The largest absolute Gasteiger partial charge is 0.494 e. The van der Waals surface area contributed by atoms with Gasteiger partial charge in [-0.15, -0.1) is 0 Å². The molecule has 0 fully saturated rings. The summed E-state index contributed by atoms with van der Waals surface area (Å²) in [6.07, 6.45) is 0. The van der Waals surface area contributed by atoms with E-state index in [9.17, 15) is 14.7 Å². The van der Waals surface area contributed by atoms with E-state index in [1.165, 1.54) is 30.0 Å². The van der Waals surface area contributed by atoms with Crippen molar-refractivity contribution in [2.24, 2.45) is 14.1 Å². The van der Waals surface area contributed by atoms with Crippen molar-refractivity contribution in [3.63, 3.8) is 0 Å². The van der Waals surface area contributed by atoms with E-state index in [-0.39, 0.29) is 4.77 Å². The van der Waals surface area contributed by atoms with E-state index in [0.29, 0.717) is 21.7 Å². The van der Waals surface area contributed by atoms with Crippen LogP contribution in [0.4, 0.5) is 5.69 Å². The van der Waals surface area contributed by atoms with Crippen LogP contribution >= 0.6 is 35.2 Å². The molecule has 1 amide bonds. The maximum atomic E-state index is 12.6. The van der Waals surface area contributed by atoms with E-state index in [4.69, 9.17) is 28.6 Å². The fourth-order valence-corrected chi connectivity index (χ4v) is 4.13. The van der Waals surface area contributed by atoms with Gasteiger partial charge in [0.2, 0.25) is 5.88 Å². The Morgan fingerprint density at radius 2 is 1.90 bits per heavy atom. The van der Waals surface area contributed by atoms with Crippen LogP contribution in [0.15, 0.2) is 47.3 Å². The number of aromatic nitrogens is 3. The molecule has 0 aliphatic rings. The third-order valence-corrected chi connectivity index (χ3v) is 6.19. The van der Waals surface area contributed by atoms with Crippen LogP contribution < -0.4 is 15.6 Å². The number of carbonyl (C=O) groups excluding carboxylic acids is 1. The van der Waals surface area contributed by atoms with Crippen molar-refractivity contribution in [1.82, 2.24) is 14.1 Å². The summed E-state index contributed by atoms with van der Waals surface area (Å²) in [5.41, 5.74) is 0.119. The predicted molar refractivity (Wildman–Crippen MR) is 122 cm³/mol. The van der Waals surface area contributed by atoms with Gasteiger partial charge < -0.3 is 15.2 Å². The smallest absolute Gasteiger partial charge is 0.279 e. The molecule has 2 N–H and O–H groups in total. The highest BCUT2D eigenvalue weighted by Crippen LogP contribution is 2.33. The minimum Gasteiger partial charge on any atom is -0.494 e. The van der Waals surface area contributed by atoms with Gasteiger partial charge in [0.1, 0.15) is 5.75 Å². The highest BCUT2D eigenvalue weighted by molar-refractivity contribution is 7.71. The van der Waals surface area contributed by atoms with Crippen LogP contribution in [0.2, 0.25) is 5.02 Å². The lowest BCUT2D eigenvalue weighted by Gasteiger charge is -2.12. The third-order valence-electron chi connectivity index (χ3n) is 4.51. The Hall–Kier alpha value is -3.21. The summed E-state index contributed by atoms with van der Waals surface area (Å²) in [6.45, 7) is 0. The van der Waals surface area contributed by atoms with Crippen LogP contribution in [0, 0.1) is 4.77 Å². The summed E-state index contributed by atoms with van der Waals surface area (Å²) < 4.78 is 9.08. The Morgan fingerprint density at radius 1 is 1.19 bits per heavy atom. The van der Waals surface area contributed by atoms with Gasteiger partial charge in [0.25, 0.3) is 16.7 Å². The first-order chi connectivity index (χ1) is 14.7. The number of thiazole rings is 1. The highest BCUT2D eigenvalue weighted by atomic mass is 35.5. The van der Waals surface area contributed by atoms with Crippen molar-refractivity contribution in [1.29, 1.82) is 0 Å². The molecule has 0 aliphatic heterocycles. The molecular formula is C20H15ClN4O4S2. The lowest BCUT2D eigenvalue weighted by atomic mass is 10.2. The van der Waals surface area contributed by atoms with Crippen molar-refractivity contribution in [2.45, 2.75) is 0 Å². The van der Waals surface area contributed by atoms with Gasteiger partial charge in [-0.25, -0.2) is 4.98 Å². The number of halogens is 1. The minimum absolute atomic E-state index is 0.0951. The fourth-order valence-electron chi connectivity index (χ4n) is 2.85. The Labute approximate surface area is 189 Å². The van der Waals surface area contributed by atoms with E-state index in [0.717, 1.165) is 14.8 Å². The molecule has 2 aromatic heterocycles. The average Bonchev–Trinajstić information content (AvgIpc) is 3.13. The van der Waals surface area contributed by atoms with Gasteiger partial charge in [-0.1, -0.05) is 22.9 Å². The van der Waals surface area contributed by atoms with E-state index >= 15 is 0 Å². The van der Waals surface area contributed by atoms with Crippen molar-refractivity contribution in [3.8, 4) is 16.8 Å². The fraction of sp³-hybridized carbons (Fsp3) is 0.100. The van der Waals surface area contributed by atoms with Gasteiger partial charge in [-0.05, 0) is 54.7 Å². The van der Waals surface area contributed by atoms with E-state index in [1.54, 1.807) is 30.3 Å². The van der Waals surface area contributed by atoms with Crippen LogP contribution in [0.1, 0.15) is 10.4 Å². The van der Waals surface area contributed by atoms with E-state index < -0.39 is 22.9 Å². The van der Waals surface area contributed by atoms with Gasteiger partial charge in [0.15, 0.2) is 10.3 Å². The second-order valence-electron chi connectivity index (χ2n) is 6.58. The molecule has 4 aromatic rings. The summed E-state index contributed by atoms with van der Waals surface area (Å²) >= 11 is 12.4. The molecule has 31 heavy (non-hydrogen) atoms. The first-order valence-corrected chi connectivity index (χ1v) is 10.5. The number of benzene rings is 2. The Morgan fingerprint density at radius 3 is 2.61 bits per heavy atom. The van der Waals surface area contributed by atoms with Crippen LogP contribution in [-0.4, -0.2) is 25.1 Å². The molecule has 11 heteroatoms. The summed E-state index contributed by atoms with van der Waals surface area (Å²) in [5.74, 6) is -0.731. The Bertz CT molecular complexity index is 1440. The van der Waals surface area contributed by atoms with Gasteiger partial charge in [-0.2, -0.15) is 0 Å². The number of anilines is 1. The zero-order valence-electron chi connectivity index (χ0n) is 16.2. The number of rotatable bonds is 4. The molecule has 4 rings (SSSR count). The number of carbonyl (C=O) groups is 1. The molecule has 0 saturated heterocycles. The third kappa shape index (κ3) is 4.05. The van der Waals surface area contributed by atoms with Crippen molar-refractivity contribution in [3.05, 3.63) is 68.2 Å². The van der Waals surface area contributed by atoms with Crippen LogP contribution in [-0.2, 0) is 14.1 Å². The topological polar surface area (TPSA) is 98.4 Å². The number of amides is 1. The Balaban J connectivity index is 1.53. The number of nitrogens with zero attached hydrogens (tertiary/aromatic N) is 3. The van der Waals surface area contributed by atoms with Crippen molar-refractivity contribution in [2.75, 3.05) is 5.32 Å². The quantitative estimate of drug-likeness (QED) is 0.423. The van der Waals surface area contributed by atoms with E-state index in [2.05, 4.69) is 10.3 Å². The highest BCUT2D eigenvalue weighted by Gasteiger charge is 2.21. The van der Waals surface area contributed by atoms with Gasteiger partial charge in [-0.3, -0.25) is 18.7 Å². The minimum atomic E-state index is -0.750. The summed E-state index contributed by atoms with van der Waals surface area (Å²) in [5, 5.41) is 13.9. The number of aromatic hydroxyl groups is 1. The normalized spacial score (nSPS) is 10.9. The standard InChI is InChI=1S/C20H15ClN4O4S2/c1-24-17(27)15(18(28)25(2)20(24)30)16(26)22-11-4-6-12(7-5-11)29-19-23-13-8-3-10(21)9-14(13)31-19/h3-9,27H,1-2H3,(H,22,26). The second kappa shape index (κ2) is 8.14. The van der Waals surface area contributed by atoms with Crippen molar-refractivity contribution >= 4 is 57.0 Å². The lowest BCUT2D eigenvalue weighted by Crippen LogP contribution is -2.30. The molecule has 0 bridgehead atoms. The number of nitrogens with one attached hydrogen (secondary N) is 1. The van der Waals surface area contributed by atoms with Crippen LogP contribution in [0.5, 0.6) is 16.8 Å². The van der Waals surface area contributed by atoms with Gasteiger partial charge in [0.05, 0.1) is 10.2 Å². The zero-order valence-corrected chi connectivity index (χ0v) is 18.6. The first kappa shape index (κ1) is 21.0. The SMILES string of the molecule is Cn1c(O)c(C(=O)Nc2ccc(Oc3nc4ccc(Cl)cc4s3)cc2)c(=O)n(C)c1=S. The lowest BCUT2D eigenvalue weighted by molar-refractivity contribution is 0.102. The Kier molecular flexibility index (Phi) is 5.52. The van der Waals surface area contributed by atoms with E-state index in [1.807, 2.05) is 12.1 Å². The summed E-state index contributed by atoms with van der Waals surface area (Å²) in [6, 6.07) is 11.9. The molecule has 0 saturated carbocycles. The number of fused-ring (bicyclic) bond motifs is 1. The van der Waals surface area contributed by atoms with Crippen LogP contribution in [0.25, 0.3) is 10.2 Å². The molecule has 8 nitrogen and oxygen atoms in total. The number of ether oxygens (including phenoxy) is 1. The first-order valence-electron chi connectivity index (χ1n) is 8.89. The molecule has 2 aromatic carbocycles. The van der Waals surface area contributed by atoms with Crippen LogP contribution in [0.3, 0.4) is 0 Å². The molecule has 0 aliphatic carbocycles. The zero-order chi connectivity index (χ0) is 22.3. The molecule has 0 spiro atoms. The second-order valence-corrected chi connectivity index (χ2v) is 8.37. The molecular weight excluding hydrogens is 460 g/mol. The predicted octanol–water partition coefficient (Wildman–Crippen LogP) is 4.47. The number of hydrogen-bond donors (Lipinski definition) is 2. The molecule has 0 radical (unpaired) electrons. The molecule has 2 heterocycles. The number of hydrogen-bond acceptors (Lipinski definition) is 7. The molecule has 0 atom stereocenters. The van der Waals surface area contributed by atoms with Crippen molar-refractivity contribution < 1.29 is 14.6 Å². The maximum Gasteiger partial charge on any atom is 0.279 e.